The standard InChI is InChI=1S/C21H30N6O4/c1-29-19-9-18(23-20(24-19)30-2)26-10-16-15(12-28)17-11-25(13-21(16,14-26)31-17)6-4-8-27-7-3-5-22-27/h3,5,7,9,15-17,28H,4,6,8,10-14H2,1-2H3/t15-,16+,17+,21+/m0/s1. The largest absolute Gasteiger partial charge is 0.481 e. The van der Waals surface area contributed by atoms with Gasteiger partial charge in [0.25, 0.3) is 0 Å². The number of aliphatic hydroxyl groups is 1. The monoisotopic (exact) mass is 430 g/mol. The van der Waals surface area contributed by atoms with Crippen LogP contribution in [0.1, 0.15) is 6.42 Å². The van der Waals surface area contributed by atoms with Crippen molar-refractivity contribution < 1.29 is 19.3 Å². The van der Waals surface area contributed by atoms with Crippen LogP contribution >= 0.6 is 0 Å². The molecule has 0 radical (unpaired) electrons. The van der Waals surface area contributed by atoms with Crippen LogP contribution in [0.3, 0.4) is 0 Å². The first kappa shape index (κ1) is 20.5. The Morgan fingerprint density at radius 2 is 2.10 bits per heavy atom. The summed E-state index contributed by atoms with van der Waals surface area (Å²) in [6, 6.07) is 4.07. The maximum Gasteiger partial charge on any atom is 0.321 e. The molecule has 1 N–H and O–H groups in total. The number of hydrogen-bond acceptors (Lipinski definition) is 9. The number of aromatic nitrogens is 4. The number of ether oxygens (including phenoxy) is 3. The van der Waals surface area contributed by atoms with Gasteiger partial charge in [0.05, 0.1) is 26.9 Å². The third kappa shape index (κ3) is 3.72. The molecule has 10 nitrogen and oxygen atoms in total. The number of hydrogen-bond donors (Lipinski definition) is 1. The topological polar surface area (TPSA) is 98.0 Å². The lowest BCUT2D eigenvalue weighted by Gasteiger charge is -2.40. The van der Waals surface area contributed by atoms with Crippen molar-refractivity contribution in [2.45, 2.75) is 24.7 Å². The SMILES string of the molecule is COc1cc(N2C[C@@H]3[C@H](CO)[C@H]4CN(CCCn5cccn5)C[C@]3(C2)O4)nc(OC)n1. The molecule has 2 bridgehead atoms. The maximum absolute atomic E-state index is 10.2. The van der Waals surface area contributed by atoms with Crippen LogP contribution < -0.4 is 14.4 Å². The van der Waals surface area contributed by atoms with Gasteiger partial charge in [-0.2, -0.15) is 15.1 Å². The molecule has 2 aromatic heterocycles. The number of aliphatic hydroxyl groups excluding tert-OH is 1. The first-order valence-corrected chi connectivity index (χ1v) is 10.8. The molecule has 3 aliphatic heterocycles. The van der Waals surface area contributed by atoms with Gasteiger partial charge < -0.3 is 24.2 Å². The molecule has 3 aliphatic rings. The van der Waals surface area contributed by atoms with Gasteiger partial charge in [-0.05, 0) is 12.5 Å². The van der Waals surface area contributed by atoms with Gasteiger partial charge in [0, 0.05) is 69.6 Å². The van der Waals surface area contributed by atoms with Crippen LogP contribution in [0.15, 0.2) is 24.5 Å². The highest BCUT2D eigenvalue weighted by Crippen LogP contribution is 2.49. The van der Waals surface area contributed by atoms with Crippen molar-refractivity contribution in [3.05, 3.63) is 24.5 Å². The average molecular weight is 431 g/mol. The van der Waals surface area contributed by atoms with E-state index < -0.39 is 0 Å². The first-order chi connectivity index (χ1) is 15.1. The van der Waals surface area contributed by atoms with Gasteiger partial charge in [-0.15, -0.1) is 0 Å². The highest BCUT2D eigenvalue weighted by Gasteiger charge is 2.62. The molecule has 10 heteroatoms. The van der Waals surface area contributed by atoms with E-state index in [4.69, 9.17) is 14.2 Å². The Labute approximate surface area is 181 Å². The summed E-state index contributed by atoms with van der Waals surface area (Å²) < 4.78 is 19.1. The lowest BCUT2D eigenvalue weighted by Crippen LogP contribution is -2.54. The van der Waals surface area contributed by atoms with Crippen molar-refractivity contribution in [3.8, 4) is 11.9 Å². The molecule has 0 amide bonds. The van der Waals surface area contributed by atoms with Crippen LogP contribution in [0.2, 0.25) is 0 Å². The van der Waals surface area contributed by atoms with Gasteiger partial charge in [0.2, 0.25) is 5.88 Å². The number of morpholine rings is 1. The highest BCUT2D eigenvalue weighted by molar-refractivity contribution is 5.46. The highest BCUT2D eigenvalue weighted by atomic mass is 16.5. The zero-order chi connectivity index (χ0) is 21.4. The summed E-state index contributed by atoms with van der Waals surface area (Å²) in [7, 11) is 3.13. The molecule has 31 heavy (non-hydrogen) atoms. The molecule has 0 aliphatic carbocycles. The number of anilines is 1. The fourth-order valence-electron chi connectivity index (χ4n) is 5.51. The number of likely N-dealkylation sites (tertiary alicyclic amines) is 1. The molecular weight excluding hydrogens is 400 g/mol. The van der Waals surface area contributed by atoms with E-state index in [2.05, 4.69) is 24.9 Å². The molecule has 0 saturated carbocycles. The second-order valence-electron chi connectivity index (χ2n) is 8.67. The minimum atomic E-state index is -0.298. The Morgan fingerprint density at radius 3 is 2.84 bits per heavy atom. The van der Waals surface area contributed by atoms with Gasteiger partial charge >= 0.3 is 6.01 Å². The molecule has 5 heterocycles. The van der Waals surface area contributed by atoms with Gasteiger partial charge in [0.15, 0.2) is 0 Å². The van der Waals surface area contributed by atoms with E-state index >= 15 is 0 Å². The van der Waals surface area contributed by atoms with Crippen molar-refractivity contribution >= 4 is 5.82 Å². The lowest BCUT2D eigenvalue weighted by atomic mass is 9.83. The van der Waals surface area contributed by atoms with Crippen molar-refractivity contribution in [1.29, 1.82) is 0 Å². The first-order valence-electron chi connectivity index (χ1n) is 10.8. The van der Waals surface area contributed by atoms with E-state index in [1.54, 1.807) is 14.2 Å². The summed E-state index contributed by atoms with van der Waals surface area (Å²) in [6.07, 6.45) is 4.92. The minimum Gasteiger partial charge on any atom is -0.481 e. The Kier molecular flexibility index (Phi) is 5.45. The van der Waals surface area contributed by atoms with Gasteiger partial charge in [-0.25, -0.2) is 0 Å². The van der Waals surface area contributed by atoms with Crippen LogP contribution in [-0.2, 0) is 11.3 Å². The second-order valence-corrected chi connectivity index (χ2v) is 8.67. The van der Waals surface area contributed by atoms with Crippen molar-refractivity contribution in [2.24, 2.45) is 11.8 Å². The Hall–Kier alpha value is -2.43. The second kappa shape index (κ2) is 8.25. The zero-order valence-electron chi connectivity index (χ0n) is 18.1. The summed E-state index contributed by atoms with van der Waals surface area (Å²) in [5, 5.41) is 14.5. The van der Waals surface area contributed by atoms with E-state index in [0.717, 1.165) is 51.5 Å². The van der Waals surface area contributed by atoms with E-state index in [9.17, 15) is 5.11 Å². The molecule has 0 unspecified atom stereocenters. The fraction of sp³-hybridized carbons (Fsp3) is 0.667. The molecule has 0 aromatic carbocycles. The smallest absolute Gasteiger partial charge is 0.321 e. The number of methoxy groups -OCH3 is 2. The third-order valence-corrected chi connectivity index (χ3v) is 6.88. The predicted octanol–water partition coefficient (Wildman–Crippen LogP) is 0.279. The van der Waals surface area contributed by atoms with Gasteiger partial charge in [-0.1, -0.05) is 0 Å². The van der Waals surface area contributed by atoms with Crippen LogP contribution in [0.4, 0.5) is 5.82 Å². The lowest BCUT2D eigenvalue weighted by molar-refractivity contribution is -0.110. The maximum atomic E-state index is 10.2. The van der Waals surface area contributed by atoms with E-state index in [0.29, 0.717) is 5.88 Å². The number of nitrogens with zero attached hydrogens (tertiary/aromatic N) is 6. The molecule has 168 valence electrons. The number of aryl methyl sites for hydroxylation is 1. The zero-order valence-corrected chi connectivity index (χ0v) is 18.1. The molecule has 4 atom stereocenters. The Morgan fingerprint density at radius 1 is 1.19 bits per heavy atom. The van der Waals surface area contributed by atoms with E-state index in [1.165, 1.54) is 0 Å². The average Bonchev–Trinajstić information content (AvgIpc) is 3.46. The van der Waals surface area contributed by atoms with Crippen LogP contribution in [0.25, 0.3) is 0 Å². The minimum absolute atomic E-state index is 0.0741. The van der Waals surface area contributed by atoms with Crippen molar-refractivity contribution in [3.63, 3.8) is 0 Å². The third-order valence-electron chi connectivity index (χ3n) is 6.88. The van der Waals surface area contributed by atoms with E-state index in [-0.39, 0.29) is 36.2 Å². The predicted molar refractivity (Wildman–Crippen MR) is 112 cm³/mol. The normalized spacial score (nSPS) is 29.9. The molecule has 3 fully saturated rings. The van der Waals surface area contributed by atoms with E-state index in [1.807, 2.05) is 29.2 Å². The van der Waals surface area contributed by atoms with Gasteiger partial charge in [0.1, 0.15) is 11.4 Å². The summed E-state index contributed by atoms with van der Waals surface area (Å²) in [6.45, 7) is 5.28. The number of fused-ring (bicyclic) bond motifs is 1. The van der Waals surface area contributed by atoms with Crippen molar-refractivity contribution in [1.82, 2.24) is 24.6 Å². The molecule has 1 spiro atoms. The fourth-order valence-corrected chi connectivity index (χ4v) is 5.51. The van der Waals surface area contributed by atoms with Crippen LogP contribution in [0.5, 0.6) is 11.9 Å². The Balaban J connectivity index is 1.32. The summed E-state index contributed by atoms with van der Waals surface area (Å²) >= 11 is 0. The molecule has 3 saturated heterocycles. The van der Waals surface area contributed by atoms with Gasteiger partial charge in [-0.3, -0.25) is 9.58 Å². The Bertz CT molecular complexity index is 874. The number of rotatable bonds is 8. The van der Waals surface area contributed by atoms with Crippen LogP contribution in [0, 0.1) is 11.8 Å². The summed E-state index contributed by atoms with van der Waals surface area (Å²) in [5.74, 6) is 1.62. The quantitative estimate of drug-likeness (QED) is 0.633. The van der Waals surface area contributed by atoms with Crippen molar-refractivity contribution in [2.75, 3.05) is 58.5 Å². The van der Waals surface area contributed by atoms with Crippen LogP contribution in [-0.4, -0.2) is 95.0 Å². The summed E-state index contributed by atoms with van der Waals surface area (Å²) in [5.41, 5.74) is -0.298. The summed E-state index contributed by atoms with van der Waals surface area (Å²) in [4.78, 5) is 13.4. The molecular formula is C21H30N6O4. The molecule has 2 aromatic rings. The molecule has 5 rings (SSSR count).